The largest absolute Gasteiger partial charge is 0.507 e. The third kappa shape index (κ3) is 4.04. The van der Waals surface area contributed by atoms with Crippen LogP contribution in [-0.4, -0.2) is 86.3 Å². The fourth-order valence-electron chi connectivity index (χ4n) is 4.02. The number of benzene rings is 2. The smallest absolute Gasteiger partial charge is 0.229 e. The van der Waals surface area contributed by atoms with Gasteiger partial charge in [-0.1, -0.05) is 6.07 Å². The van der Waals surface area contributed by atoms with E-state index in [2.05, 4.69) is 10.2 Å². The van der Waals surface area contributed by atoms with Gasteiger partial charge in [0.05, 0.1) is 18.5 Å². The maximum atomic E-state index is 10.7. The number of fused-ring (bicyclic) bond motifs is 1. The minimum absolute atomic E-state index is 0.134. The predicted molar refractivity (Wildman–Crippen MR) is 117 cm³/mol. The molecule has 11 heteroatoms. The van der Waals surface area contributed by atoms with Crippen molar-refractivity contribution in [1.82, 2.24) is 10.2 Å². The summed E-state index contributed by atoms with van der Waals surface area (Å²) in [5, 5.41) is 57.0. The number of aliphatic hydroxyl groups is 4. The lowest BCUT2D eigenvalue weighted by atomic mass is 9.99. The number of phenolic OH excluding ortho intramolecular Hbond substituents is 1. The Hall–Kier alpha value is -3.35. The van der Waals surface area contributed by atoms with Gasteiger partial charge in [-0.05, 0) is 29.8 Å². The summed E-state index contributed by atoms with van der Waals surface area (Å²) in [7, 11) is 0. The molecule has 2 aromatic carbocycles. The number of aromatic hydroxyl groups is 1. The fourth-order valence-corrected chi connectivity index (χ4v) is 4.02. The van der Waals surface area contributed by atoms with Crippen LogP contribution in [0.3, 0.4) is 0 Å². The van der Waals surface area contributed by atoms with Crippen LogP contribution in [0.5, 0.6) is 23.0 Å². The van der Waals surface area contributed by atoms with Crippen molar-refractivity contribution in [2.24, 2.45) is 0 Å². The van der Waals surface area contributed by atoms with Crippen LogP contribution in [0, 0.1) is 0 Å². The van der Waals surface area contributed by atoms with E-state index in [9.17, 15) is 25.5 Å². The third-order valence-corrected chi connectivity index (χ3v) is 5.83. The molecular formula is C23H24N2O9. The maximum Gasteiger partial charge on any atom is 0.229 e. The molecule has 0 unspecified atom stereocenters. The van der Waals surface area contributed by atoms with Crippen molar-refractivity contribution in [3.8, 4) is 45.4 Å². The second-order valence-corrected chi connectivity index (χ2v) is 8.01. The zero-order chi connectivity index (χ0) is 23.8. The van der Waals surface area contributed by atoms with E-state index >= 15 is 0 Å². The molecule has 0 amide bonds. The molecule has 1 aromatic heterocycles. The first-order chi connectivity index (χ1) is 16.5. The predicted octanol–water partition coefficient (Wildman–Crippen LogP) is 0.399. The number of aliphatic hydroxyl groups excluding tert-OH is 4. The van der Waals surface area contributed by atoms with Crippen LogP contribution >= 0.6 is 0 Å². The molecule has 2 aliphatic heterocycles. The highest BCUT2D eigenvalue weighted by atomic mass is 16.7. The molecule has 5 rings (SSSR count). The Labute approximate surface area is 193 Å². The molecule has 5 atom stereocenters. The highest BCUT2D eigenvalue weighted by Gasteiger charge is 2.44. The summed E-state index contributed by atoms with van der Waals surface area (Å²) < 4.78 is 22.1. The van der Waals surface area contributed by atoms with Crippen LogP contribution in [0.1, 0.15) is 0 Å². The van der Waals surface area contributed by atoms with Gasteiger partial charge in [0.25, 0.3) is 0 Å². The number of hydrogen-bond donors (Lipinski definition) is 6. The van der Waals surface area contributed by atoms with Crippen molar-refractivity contribution < 1.29 is 44.5 Å². The average molecular weight is 472 g/mol. The van der Waals surface area contributed by atoms with Gasteiger partial charge in [0.2, 0.25) is 6.29 Å². The van der Waals surface area contributed by atoms with Gasteiger partial charge in [-0.3, -0.25) is 5.10 Å². The first-order valence-corrected chi connectivity index (χ1v) is 10.7. The van der Waals surface area contributed by atoms with Gasteiger partial charge in [0, 0.05) is 17.2 Å². The number of ether oxygens (including phenoxy) is 4. The first-order valence-electron chi connectivity index (χ1n) is 10.7. The van der Waals surface area contributed by atoms with Gasteiger partial charge in [0.15, 0.2) is 11.5 Å². The number of nitrogens with one attached hydrogen (secondary N) is 1. The van der Waals surface area contributed by atoms with E-state index in [0.717, 1.165) is 11.1 Å². The lowest BCUT2D eigenvalue weighted by Crippen LogP contribution is -2.60. The van der Waals surface area contributed by atoms with E-state index in [0.29, 0.717) is 36.0 Å². The molecule has 0 radical (unpaired) electrons. The van der Waals surface area contributed by atoms with E-state index in [-0.39, 0.29) is 11.5 Å². The van der Waals surface area contributed by atoms with Crippen molar-refractivity contribution in [3.05, 3.63) is 42.6 Å². The van der Waals surface area contributed by atoms with Gasteiger partial charge in [-0.25, -0.2) is 0 Å². The van der Waals surface area contributed by atoms with Crippen LogP contribution in [0.4, 0.5) is 0 Å². The second-order valence-electron chi connectivity index (χ2n) is 8.01. The number of aromatic nitrogens is 2. The lowest BCUT2D eigenvalue weighted by molar-refractivity contribution is -0.277. The van der Waals surface area contributed by atoms with Crippen LogP contribution in [0.2, 0.25) is 0 Å². The number of nitrogens with zero attached hydrogens (tertiary/aromatic N) is 1. The molecule has 0 bridgehead atoms. The molecule has 3 aromatic rings. The highest BCUT2D eigenvalue weighted by molar-refractivity contribution is 5.84. The van der Waals surface area contributed by atoms with E-state index < -0.39 is 37.3 Å². The van der Waals surface area contributed by atoms with Crippen molar-refractivity contribution >= 4 is 0 Å². The standard InChI is InChI=1S/C23H24N2O9/c26-10-18-20(28)21(29)22(30)23(34-18)33-12-2-3-13(15(27)8-12)19-14(9-24-25-19)11-1-4-16-17(7-11)32-6-5-31-16/h1-4,7-9,18,20-23,26-30H,5-6,10H2,(H,24,25)/t18-,20+,21+,22-,23+/m0/s1. The molecule has 2 aliphatic rings. The van der Waals surface area contributed by atoms with Gasteiger partial charge in [0.1, 0.15) is 49.1 Å². The number of aromatic amines is 1. The molecule has 34 heavy (non-hydrogen) atoms. The number of phenols is 1. The number of hydrogen-bond acceptors (Lipinski definition) is 10. The van der Waals surface area contributed by atoms with Crippen LogP contribution < -0.4 is 14.2 Å². The summed E-state index contributed by atoms with van der Waals surface area (Å²) in [6, 6.07) is 10.0. The molecule has 1 saturated heterocycles. The number of H-pyrrole nitrogens is 1. The van der Waals surface area contributed by atoms with Crippen molar-refractivity contribution in [2.75, 3.05) is 19.8 Å². The third-order valence-electron chi connectivity index (χ3n) is 5.83. The molecule has 11 nitrogen and oxygen atoms in total. The fraction of sp³-hybridized carbons (Fsp3) is 0.348. The molecule has 0 aliphatic carbocycles. The van der Waals surface area contributed by atoms with Crippen LogP contribution in [-0.2, 0) is 4.74 Å². The quantitative estimate of drug-likeness (QED) is 0.306. The van der Waals surface area contributed by atoms with E-state index in [1.165, 1.54) is 6.07 Å². The monoisotopic (exact) mass is 472 g/mol. The van der Waals surface area contributed by atoms with E-state index in [4.69, 9.17) is 18.9 Å². The molecule has 0 saturated carbocycles. The Morgan fingerprint density at radius 1 is 0.941 bits per heavy atom. The second kappa shape index (κ2) is 9.12. The summed E-state index contributed by atoms with van der Waals surface area (Å²) in [6.07, 6.45) is -5.44. The highest BCUT2D eigenvalue weighted by Crippen LogP contribution is 2.40. The molecule has 180 valence electrons. The summed E-state index contributed by atoms with van der Waals surface area (Å²) in [5.41, 5.74) is 2.56. The van der Waals surface area contributed by atoms with Gasteiger partial charge in [-0.2, -0.15) is 5.10 Å². The molecular weight excluding hydrogens is 448 g/mol. The molecule has 3 heterocycles. The van der Waals surface area contributed by atoms with Crippen LogP contribution in [0.15, 0.2) is 42.6 Å². The van der Waals surface area contributed by atoms with E-state index in [1.54, 1.807) is 18.3 Å². The minimum atomic E-state index is -1.57. The molecule has 0 spiro atoms. The summed E-state index contributed by atoms with van der Waals surface area (Å²) >= 11 is 0. The molecule has 6 N–H and O–H groups in total. The van der Waals surface area contributed by atoms with Crippen molar-refractivity contribution in [1.29, 1.82) is 0 Å². The Kier molecular flexibility index (Phi) is 6.02. The summed E-state index contributed by atoms with van der Waals surface area (Å²) in [4.78, 5) is 0. The zero-order valence-corrected chi connectivity index (χ0v) is 17.9. The van der Waals surface area contributed by atoms with Gasteiger partial charge in [-0.15, -0.1) is 0 Å². The normalized spacial score (nSPS) is 26.3. The Morgan fingerprint density at radius 3 is 2.50 bits per heavy atom. The maximum absolute atomic E-state index is 10.7. The SMILES string of the molecule is OC[C@@H]1O[C@@H](Oc2ccc(-c3[nH]ncc3-c3ccc4c(c3)OCCO4)c(O)c2)[C@@H](O)[C@H](O)[C@@H]1O. The topological polar surface area (TPSA) is 167 Å². The van der Waals surface area contributed by atoms with E-state index in [1.807, 2.05) is 18.2 Å². The first kappa shape index (κ1) is 22.4. The average Bonchev–Trinajstić information content (AvgIpc) is 3.34. The molecule has 1 fully saturated rings. The van der Waals surface area contributed by atoms with Crippen molar-refractivity contribution in [2.45, 2.75) is 30.7 Å². The lowest BCUT2D eigenvalue weighted by Gasteiger charge is -2.39. The van der Waals surface area contributed by atoms with Gasteiger partial charge < -0.3 is 44.5 Å². The van der Waals surface area contributed by atoms with Crippen LogP contribution in [0.25, 0.3) is 22.4 Å². The summed E-state index contributed by atoms with van der Waals surface area (Å²) in [6.45, 7) is 0.386. The Morgan fingerprint density at radius 2 is 1.74 bits per heavy atom. The van der Waals surface area contributed by atoms with Gasteiger partial charge >= 0.3 is 0 Å². The zero-order valence-electron chi connectivity index (χ0n) is 17.9. The Balaban J connectivity index is 1.39. The Bertz CT molecular complexity index is 1170. The minimum Gasteiger partial charge on any atom is -0.507 e. The summed E-state index contributed by atoms with van der Waals surface area (Å²) in [5.74, 6) is 1.30. The number of rotatable bonds is 5. The van der Waals surface area contributed by atoms with Crippen molar-refractivity contribution in [3.63, 3.8) is 0 Å².